The lowest BCUT2D eigenvalue weighted by Crippen LogP contribution is -2.42. The fourth-order valence-electron chi connectivity index (χ4n) is 5.05. The SMILES string of the molecule is Cc1ccc(/C(O)=C2\C(=N)N(c3cccc(Cl)c3)C3=C(C(=O)CCC3)[C@H]2c2ccc(C)cc2)cc1. The lowest BCUT2D eigenvalue weighted by Gasteiger charge is -2.41. The van der Waals surface area contributed by atoms with Gasteiger partial charge in [0, 0.05) is 45.5 Å². The van der Waals surface area contributed by atoms with Crippen LogP contribution in [0, 0.1) is 19.3 Å². The molecule has 0 bridgehead atoms. The maximum Gasteiger partial charge on any atom is 0.161 e. The van der Waals surface area contributed by atoms with Gasteiger partial charge in [0.1, 0.15) is 11.6 Å². The topological polar surface area (TPSA) is 64.4 Å². The minimum atomic E-state index is -0.525. The van der Waals surface area contributed by atoms with E-state index in [4.69, 9.17) is 11.6 Å². The predicted octanol–water partition coefficient (Wildman–Crippen LogP) is 7.51. The third kappa shape index (κ3) is 4.19. The molecule has 1 atom stereocenters. The van der Waals surface area contributed by atoms with Crippen molar-refractivity contribution in [2.45, 2.75) is 39.0 Å². The number of aliphatic hydroxyl groups excluding tert-OH is 1. The number of amidine groups is 1. The van der Waals surface area contributed by atoms with E-state index in [1.807, 2.05) is 74.5 Å². The molecule has 0 amide bonds. The monoisotopic (exact) mass is 482 g/mol. The molecule has 0 radical (unpaired) electrons. The molecule has 0 unspecified atom stereocenters. The van der Waals surface area contributed by atoms with E-state index >= 15 is 0 Å². The van der Waals surface area contributed by atoms with Gasteiger partial charge in [-0.2, -0.15) is 0 Å². The van der Waals surface area contributed by atoms with Crippen molar-refractivity contribution >= 4 is 34.7 Å². The smallest absolute Gasteiger partial charge is 0.161 e. The highest BCUT2D eigenvalue weighted by atomic mass is 35.5. The number of allylic oxidation sites excluding steroid dienone is 2. The maximum atomic E-state index is 13.5. The highest BCUT2D eigenvalue weighted by molar-refractivity contribution is 6.31. The average molecular weight is 483 g/mol. The summed E-state index contributed by atoms with van der Waals surface area (Å²) in [5, 5.41) is 21.6. The Balaban J connectivity index is 1.82. The van der Waals surface area contributed by atoms with Crippen LogP contribution < -0.4 is 4.90 Å². The summed E-state index contributed by atoms with van der Waals surface area (Å²) < 4.78 is 0. The Morgan fingerprint density at radius 3 is 2.29 bits per heavy atom. The standard InChI is InChI=1S/C30H27ClN2O2/c1-18-9-13-20(14-10-18)26-27-24(7-4-8-25(27)34)33(23-6-3-5-22(31)17-23)30(32)28(26)29(35)21-15-11-19(2)12-16-21/h3,5-6,9-17,26,32,35H,4,7-8H2,1-2H3/b29-28+,32-30?/t26-/m1/s1. The number of rotatable bonds is 3. The molecule has 35 heavy (non-hydrogen) atoms. The maximum absolute atomic E-state index is 13.5. The van der Waals surface area contributed by atoms with Gasteiger partial charge in [-0.1, -0.05) is 77.3 Å². The summed E-state index contributed by atoms with van der Waals surface area (Å²) in [5.74, 6) is -0.296. The molecule has 176 valence electrons. The number of aliphatic hydroxyl groups is 1. The number of Topliss-reactive ketones (excluding diaryl/α,β-unsaturated/α-hetero) is 1. The summed E-state index contributed by atoms with van der Waals surface area (Å²) in [7, 11) is 0. The van der Waals surface area contributed by atoms with Crippen LogP contribution in [0.2, 0.25) is 5.02 Å². The molecular formula is C30H27ClN2O2. The second-order valence-corrected chi connectivity index (χ2v) is 9.71. The lowest BCUT2D eigenvalue weighted by molar-refractivity contribution is -0.116. The van der Waals surface area contributed by atoms with Crippen LogP contribution in [0.15, 0.2) is 89.6 Å². The van der Waals surface area contributed by atoms with E-state index in [2.05, 4.69) is 0 Å². The van der Waals surface area contributed by atoms with Gasteiger partial charge < -0.3 is 5.11 Å². The quantitative estimate of drug-likeness (QED) is 0.379. The number of anilines is 1. The zero-order valence-electron chi connectivity index (χ0n) is 19.8. The first-order valence-corrected chi connectivity index (χ1v) is 12.2. The normalized spacial score (nSPS) is 19.6. The summed E-state index contributed by atoms with van der Waals surface area (Å²) in [5.41, 5.74) is 6.30. The molecule has 1 aliphatic carbocycles. The van der Waals surface area contributed by atoms with E-state index < -0.39 is 5.92 Å². The number of nitrogens with one attached hydrogen (secondary N) is 1. The van der Waals surface area contributed by atoms with Crippen LogP contribution in [0.5, 0.6) is 0 Å². The molecule has 0 saturated carbocycles. The first kappa shape index (κ1) is 23.1. The van der Waals surface area contributed by atoms with Crippen molar-refractivity contribution in [2.24, 2.45) is 0 Å². The number of hydrogen-bond donors (Lipinski definition) is 2. The second-order valence-electron chi connectivity index (χ2n) is 9.27. The Hall–Kier alpha value is -3.63. The molecule has 0 saturated heterocycles. The fraction of sp³-hybridized carbons (Fsp3) is 0.200. The van der Waals surface area contributed by atoms with E-state index in [0.29, 0.717) is 40.3 Å². The van der Waals surface area contributed by atoms with Crippen molar-refractivity contribution in [3.05, 3.63) is 117 Å². The van der Waals surface area contributed by atoms with E-state index in [0.717, 1.165) is 28.8 Å². The highest BCUT2D eigenvalue weighted by Gasteiger charge is 2.43. The van der Waals surface area contributed by atoms with Crippen molar-refractivity contribution in [3.63, 3.8) is 0 Å². The van der Waals surface area contributed by atoms with Crippen LogP contribution in [0.3, 0.4) is 0 Å². The van der Waals surface area contributed by atoms with Crippen LogP contribution in [0.25, 0.3) is 5.76 Å². The molecule has 4 nitrogen and oxygen atoms in total. The van der Waals surface area contributed by atoms with Gasteiger partial charge in [-0.15, -0.1) is 0 Å². The molecule has 5 heteroatoms. The minimum absolute atomic E-state index is 0.0116. The van der Waals surface area contributed by atoms with E-state index in [9.17, 15) is 15.3 Å². The molecule has 3 aromatic rings. The Morgan fingerprint density at radius 1 is 0.971 bits per heavy atom. The largest absolute Gasteiger partial charge is 0.507 e. The Bertz CT molecular complexity index is 1380. The Morgan fingerprint density at radius 2 is 1.63 bits per heavy atom. The molecule has 0 fully saturated rings. The van der Waals surface area contributed by atoms with Crippen LogP contribution in [-0.4, -0.2) is 16.7 Å². The number of carbonyl (C=O) groups is 1. The van der Waals surface area contributed by atoms with Crippen LogP contribution in [0.1, 0.15) is 47.4 Å². The van der Waals surface area contributed by atoms with Crippen molar-refractivity contribution < 1.29 is 9.90 Å². The van der Waals surface area contributed by atoms with Gasteiger partial charge in [-0.05, 0) is 50.5 Å². The van der Waals surface area contributed by atoms with Gasteiger partial charge in [0.2, 0.25) is 0 Å². The summed E-state index contributed by atoms with van der Waals surface area (Å²) >= 11 is 6.32. The first-order chi connectivity index (χ1) is 16.8. The fourth-order valence-corrected chi connectivity index (χ4v) is 5.24. The van der Waals surface area contributed by atoms with Crippen molar-refractivity contribution in [1.29, 1.82) is 5.41 Å². The summed E-state index contributed by atoms with van der Waals surface area (Å²) in [6.07, 6.45) is 1.86. The minimum Gasteiger partial charge on any atom is -0.507 e. The van der Waals surface area contributed by atoms with E-state index in [1.54, 1.807) is 17.0 Å². The van der Waals surface area contributed by atoms with E-state index in [1.165, 1.54) is 0 Å². The van der Waals surface area contributed by atoms with Crippen LogP contribution in [0.4, 0.5) is 5.69 Å². The molecule has 1 aliphatic heterocycles. The zero-order chi connectivity index (χ0) is 24.7. The Labute approximate surface area is 210 Å². The number of ketones is 1. The molecule has 2 N–H and O–H groups in total. The second kappa shape index (κ2) is 9.20. The number of nitrogens with zero attached hydrogens (tertiary/aromatic N) is 1. The van der Waals surface area contributed by atoms with Gasteiger partial charge in [-0.25, -0.2) is 0 Å². The van der Waals surface area contributed by atoms with Crippen molar-refractivity contribution in [2.75, 3.05) is 4.90 Å². The predicted molar refractivity (Wildman–Crippen MR) is 142 cm³/mol. The molecular weight excluding hydrogens is 456 g/mol. The Kier molecular flexibility index (Phi) is 6.08. The zero-order valence-corrected chi connectivity index (χ0v) is 20.6. The lowest BCUT2D eigenvalue weighted by atomic mass is 9.73. The number of carbonyl (C=O) groups excluding carboxylic acids is 1. The summed E-state index contributed by atoms with van der Waals surface area (Å²) in [4.78, 5) is 15.3. The average Bonchev–Trinajstić information content (AvgIpc) is 2.84. The number of hydrogen-bond acceptors (Lipinski definition) is 3. The van der Waals surface area contributed by atoms with Crippen molar-refractivity contribution in [1.82, 2.24) is 0 Å². The highest BCUT2D eigenvalue weighted by Crippen LogP contribution is 2.48. The van der Waals surface area contributed by atoms with Gasteiger partial charge in [-0.3, -0.25) is 15.1 Å². The van der Waals surface area contributed by atoms with Gasteiger partial charge >= 0.3 is 0 Å². The van der Waals surface area contributed by atoms with Gasteiger partial charge in [0.05, 0.1) is 0 Å². The third-order valence-corrected chi connectivity index (χ3v) is 7.05. The molecule has 2 aliphatic rings. The number of benzene rings is 3. The van der Waals surface area contributed by atoms with Crippen molar-refractivity contribution in [3.8, 4) is 0 Å². The molecule has 1 heterocycles. The van der Waals surface area contributed by atoms with Gasteiger partial charge in [0.25, 0.3) is 0 Å². The number of aryl methyl sites for hydroxylation is 2. The van der Waals surface area contributed by atoms with Crippen LogP contribution in [-0.2, 0) is 4.79 Å². The summed E-state index contributed by atoms with van der Waals surface area (Å²) in [6.45, 7) is 4.01. The molecule has 3 aromatic carbocycles. The molecule has 0 aromatic heterocycles. The van der Waals surface area contributed by atoms with Gasteiger partial charge in [0.15, 0.2) is 5.78 Å². The first-order valence-electron chi connectivity index (χ1n) is 11.8. The molecule has 5 rings (SSSR count). The number of halogens is 1. The van der Waals surface area contributed by atoms with Crippen LogP contribution >= 0.6 is 11.6 Å². The summed E-state index contributed by atoms with van der Waals surface area (Å²) in [6, 6.07) is 22.9. The molecule has 0 spiro atoms. The third-order valence-electron chi connectivity index (χ3n) is 6.81. The van der Waals surface area contributed by atoms with E-state index in [-0.39, 0.29) is 17.4 Å².